The summed E-state index contributed by atoms with van der Waals surface area (Å²) < 4.78 is 0.924. The van der Waals surface area contributed by atoms with Crippen LogP contribution in [-0.2, 0) is 0 Å². The molecule has 4 nitrogen and oxygen atoms in total. The van der Waals surface area contributed by atoms with Gasteiger partial charge in [0.2, 0.25) is 0 Å². The molecule has 1 heterocycles. The Balaban J connectivity index is 1.73. The fourth-order valence-electron chi connectivity index (χ4n) is 3.57. The van der Waals surface area contributed by atoms with Gasteiger partial charge in [0.05, 0.1) is 13.6 Å². The zero-order valence-corrected chi connectivity index (χ0v) is 17.1. The van der Waals surface area contributed by atoms with Crippen molar-refractivity contribution in [3.05, 3.63) is 69.7 Å². The lowest BCUT2D eigenvalue weighted by Gasteiger charge is -2.33. The molecule has 3 N–H and O–H groups in total. The second-order valence-electron chi connectivity index (χ2n) is 7.30. The summed E-state index contributed by atoms with van der Waals surface area (Å²) in [6, 6.07) is 16.6. The number of benzene rings is 2. The van der Waals surface area contributed by atoms with Crippen molar-refractivity contribution in [2.45, 2.75) is 13.0 Å². The maximum atomic E-state index is 12.6. The molecule has 2 aromatic carbocycles. The first-order chi connectivity index (χ1) is 12.5. The van der Waals surface area contributed by atoms with Gasteiger partial charge in [-0.15, -0.1) is 0 Å². The minimum absolute atomic E-state index is 0.0115. The topological polar surface area (TPSA) is 38.0 Å². The molecule has 1 amide bonds. The van der Waals surface area contributed by atoms with E-state index in [9.17, 15) is 4.79 Å². The van der Waals surface area contributed by atoms with E-state index >= 15 is 0 Å². The minimum Gasteiger partial charge on any atom is -0.346 e. The fraction of sp³-hybridized carbons (Fsp3) is 0.381. The average molecular weight is 418 g/mol. The maximum absolute atomic E-state index is 12.6. The van der Waals surface area contributed by atoms with Gasteiger partial charge in [0.15, 0.2) is 0 Å². The standard InChI is InChI=1S/C21H26BrN3O/c1-16-6-8-17(9-7-16)20(25-12-10-24(2)11-13-25)15-23-21(26)18-4-3-5-19(22)14-18/h3-9,14,20H,10-13,15H2,1-2H3,(H,23,26)/p+2/t20-/m1/s1. The van der Waals surface area contributed by atoms with Gasteiger partial charge in [-0.1, -0.05) is 51.8 Å². The van der Waals surface area contributed by atoms with Crippen LogP contribution in [0, 0.1) is 6.92 Å². The summed E-state index contributed by atoms with van der Waals surface area (Å²) in [4.78, 5) is 15.7. The number of carbonyl (C=O) groups excluding carboxylic acids is 1. The van der Waals surface area contributed by atoms with Crippen molar-refractivity contribution < 1.29 is 14.6 Å². The highest BCUT2D eigenvalue weighted by Crippen LogP contribution is 2.13. The first-order valence-electron chi connectivity index (χ1n) is 9.29. The lowest BCUT2D eigenvalue weighted by Crippen LogP contribution is -3.27. The summed E-state index contributed by atoms with van der Waals surface area (Å²) in [5, 5.41) is 3.16. The molecule has 5 heteroatoms. The molecule has 138 valence electrons. The highest BCUT2D eigenvalue weighted by Gasteiger charge is 2.29. The summed E-state index contributed by atoms with van der Waals surface area (Å²) in [5.74, 6) is -0.0115. The molecule has 1 saturated heterocycles. The van der Waals surface area contributed by atoms with Crippen LogP contribution < -0.4 is 15.1 Å². The van der Waals surface area contributed by atoms with E-state index in [1.54, 1.807) is 9.80 Å². The number of nitrogens with one attached hydrogen (secondary N) is 3. The molecular weight excluding hydrogens is 390 g/mol. The molecule has 0 radical (unpaired) electrons. The largest absolute Gasteiger partial charge is 0.346 e. The van der Waals surface area contributed by atoms with Crippen LogP contribution in [-0.4, -0.2) is 45.7 Å². The number of hydrogen-bond donors (Lipinski definition) is 3. The number of aryl methyl sites for hydroxylation is 1. The molecule has 0 bridgehead atoms. The van der Waals surface area contributed by atoms with Gasteiger partial charge in [-0.2, -0.15) is 0 Å². The van der Waals surface area contributed by atoms with E-state index in [0.29, 0.717) is 18.2 Å². The molecule has 1 atom stereocenters. The smallest absolute Gasteiger partial charge is 0.251 e. The van der Waals surface area contributed by atoms with Gasteiger partial charge in [0.1, 0.15) is 32.2 Å². The molecule has 1 aliphatic rings. The summed E-state index contributed by atoms with van der Waals surface area (Å²) >= 11 is 3.44. The third-order valence-corrected chi connectivity index (χ3v) is 5.77. The highest BCUT2D eigenvalue weighted by atomic mass is 79.9. The number of hydrogen-bond acceptors (Lipinski definition) is 1. The first-order valence-corrected chi connectivity index (χ1v) is 10.1. The van der Waals surface area contributed by atoms with E-state index < -0.39 is 0 Å². The number of carbonyl (C=O) groups is 1. The van der Waals surface area contributed by atoms with Gasteiger partial charge in [0, 0.05) is 15.6 Å². The van der Waals surface area contributed by atoms with Gasteiger partial charge in [-0.05, 0) is 25.1 Å². The minimum atomic E-state index is -0.0115. The second kappa shape index (κ2) is 8.80. The number of likely N-dealkylation sites (N-methyl/N-ethyl adjacent to an activating group) is 1. The van der Waals surface area contributed by atoms with E-state index in [-0.39, 0.29) is 5.91 Å². The van der Waals surface area contributed by atoms with E-state index in [1.807, 2.05) is 24.3 Å². The molecule has 0 aromatic heterocycles. The third-order valence-electron chi connectivity index (χ3n) is 5.27. The van der Waals surface area contributed by atoms with Crippen molar-refractivity contribution >= 4 is 21.8 Å². The van der Waals surface area contributed by atoms with Gasteiger partial charge in [-0.25, -0.2) is 0 Å². The SMILES string of the molecule is Cc1ccc([C@@H](CNC(=O)c2cccc(Br)c2)[NH+]2CC[NH+](C)CC2)cc1. The second-order valence-corrected chi connectivity index (χ2v) is 8.21. The Morgan fingerprint density at radius 3 is 2.46 bits per heavy atom. The van der Waals surface area contributed by atoms with Gasteiger partial charge >= 0.3 is 0 Å². The van der Waals surface area contributed by atoms with Crippen LogP contribution >= 0.6 is 15.9 Å². The lowest BCUT2D eigenvalue weighted by atomic mass is 10.0. The fourth-order valence-corrected chi connectivity index (χ4v) is 3.97. The molecule has 2 aromatic rings. The quantitative estimate of drug-likeness (QED) is 0.656. The Kier molecular flexibility index (Phi) is 6.46. The molecular formula is C21H28BrN3O+2. The van der Waals surface area contributed by atoms with Crippen LogP contribution in [0.4, 0.5) is 0 Å². The number of rotatable bonds is 5. The monoisotopic (exact) mass is 417 g/mol. The van der Waals surface area contributed by atoms with Crippen molar-refractivity contribution in [3.63, 3.8) is 0 Å². The molecule has 26 heavy (non-hydrogen) atoms. The van der Waals surface area contributed by atoms with E-state index in [1.165, 1.54) is 24.2 Å². The molecule has 0 unspecified atom stereocenters. The lowest BCUT2D eigenvalue weighted by molar-refractivity contribution is -1.02. The predicted molar refractivity (Wildman–Crippen MR) is 108 cm³/mol. The summed E-state index contributed by atoms with van der Waals surface area (Å²) in [7, 11) is 2.26. The van der Waals surface area contributed by atoms with E-state index in [2.05, 4.69) is 59.5 Å². The maximum Gasteiger partial charge on any atom is 0.251 e. The zero-order valence-electron chi connectivity index (χ0n) is 15.5. The van der Waals surface area contributed by atoms with Crippen molar-refractivity contribution in [3.8, 4) is 0 Å². The van der Waals surface area contributed by atoms with Crippen molar-refractivity contribution in [2.24, 2.45) is 0 Å². The van der Waals surface area contributed by atoms with Gasteiger partial charge < -0.3 is 15.1 Å². The van der Waals surface area contributed by atoms with Crippen LogP contribution in [0.3, 0.4) is 0 Å². The van der Waals surface area contributed by atoms with Crippen LogP contribution in [0.25, 0.3) is 0 Å². The van der Waals surface area contributed by atoms with Gasteiger partial charge in [0.25, 0.3) is 5.91 Å². The number of amides is 1. The van der Waals surface area contributed by atoms with Crippen LogP contribution in [0.1, 0.15) is 27.5 Å². The van der Waals surface area contributed by atoms with Crippen molar-refractivity contribution in [1.82, 2.24) is 5.32 Å². The molecule has 0 aliphatic carbocycles. The molecule has 3 rings (SSSR count). The molecule has 1 aliphatic heterocycles. The van der Waals surface area contributed by atoms with Crippen LogP contribution in [0.15, 0.2) is 53.0 Å². The summed E-state index contributed by atoms with van der Waals surface area (Å²) in [6.45, 7) is 7.39. The number of halogens is 1. The first kappa shape index (κ1) is 19.1. The molecule has 0 saturated carbocycles. The van der Waals surface area contributed by atoms with Crippen LogP contribution in [0.5, 0.6) is 0 Å². The number of piperazine rings is 1. The Bertz CT molecular complexity index is 739. The van der Waals surface area contributed by atoms with Gasteiger partial charge in [-0.3, -0.25) is 4.79 Å². The molecule has 0 spiro atoms. The molecule has 1 fully saturated rings. The number of quaternary nitrogens is 2. The summed E-state index contributed by atoms with van der Waals surface area (Å²) in [5.41, 5.74) is 3.27. The highest BCUT2D eigenvalue weighted by molar-refractivity contribution is 9.10. The normalized spacial score (nSPS) is 21.2. The van der Waals surface area contributed by atoms with Crippen LogP contribution in [0.2, 0.25) is 0 Å². The third kappa shape index (κ3) is 4.93. The zero-order chi connectivity index (χ0) is 18.5. The van der Waals surface area contributed by atoms with E-state index in [4.69, 9.17) is 0 Å². The van der Waals surface area contributed by atoms with E-state index in [0.717, 1.165) is 17.6 Å². The van der Waals surface area contributed by atoms with Crippen molar-refractivity contribution in [1.29, 1.82) is 0 Å². The average Bonchev–Trinajstić information content (AvgIpc) is 2.64. The Morgan fingerprint density at radius 2 is 1.81 bits per heavy atom. The predicted octanol–water partition coefficient (Wildman–Crippen LogP) is 0.642. The Labute approximate surface area is 164 Å². The Morgan fingerprint density at radius 1 is 1.12 bits per heavy atom. The van der Waals surface area contributed by atoms with Crippen molar-refractivity contribution in [2.75, 3.05) is 39.8 Å². The summed E-state index contributed by atoms with van der Waals surface area (Å²) in [6.07, 6.45) is 0. The Hall–Kier alpha value is -1.69.